The minimum absolute atomic E-state index is 0.588. The largest absolute Gasteiger partial charge is 0.497 e. The van der Waals surface area contributed by atoms with Crippen molar-refractivity contribution in [1.29, 1.82) is 0 Å². The van der Waals surface area contributed by atoms with E-state index in [9.17, 15) is 0 Å². The summed E-state index contributed by atoms with van der Waals surface area (Å²) in [6, 6.07) is 8.19. The molecule has 0 aromatic heterocycles. The van der Waals surface area contributed by atoms with Crippen LogP contribution in [0.1, 0.15) is 12.5 Å². The van der Waals surface area contributed by atoms with Gasteiger partial charge in [0.2, 0.25) is 0 Å². The van der Waals surface area contributed by atoms with Crippen molar-refractivity contribution in [3.63, 3.8) is 0 Å². The highest BCUT2D eigenvalue weighted by Gasteiger charge is 2.03. The Morgan fingerprint density at radius 1 is 1.17 bits per heavy atom. The van der Waals surface area contributed by atoms with Crippen LogP contribution in [0.3, 0.4) is 0 Å². The molecule has 1 aromatic carbocycles. The van der Waals surface area contributed by atoms with Crippen LogP contribution in [0.4, 0.5) is 0 Å². The van der Waals surface area contributed by atoms with Gasteiger partial charge in [0.25, 0.3) is 0 Å². The third kappa shape index (κ3) is 5.49. The Kier molecular flexibility index (Phi) is 7.41. The van der Waals surface area contributed by atoms with E-state index in [1.807, 2.05) is 12.1 Å². The predicted molar refractivity (Wildman–Crippen MR) is 73.8 cm³/mol. The van der Waals surface area contributed by atoms with E-state index in [0.29, 0.717) is 13.2 Å². The molecule has 0 bridgehead atoms. The van der Waals surface area contributed by atoms with Crippen LogP contribution in [0.25, 0.3) is 0 Å². The first kappa shape index (κ1) is 15.0. The highest BCUT2D eigenvalue weighted by Crippen LogP contribution is 2.12. The number of nitrogens with zero attached hydrogens (tertiary/aromatic N) is 1. The van der Waals surface area contributed by atoms with Crippen molar-refractivity contribution < 1.29 is 9.47 Å². The van der Waals surface area contributed by atoms with Crippen LogP contribution in [0.2, 0.25) is 0 Å². The second-order valence-corrected chi connectivity index (χ2v) is 4.12. The number of hydrogen-bond donors (Lipinski definition) is 1. The number of ether oxygens (including phenoxy) is 2. The summed E-state index contributed by atoms with van der Waals surface area (Å²) < 4.78 is 10.5. The second kappa shape index (κ2) is 8.91. The summed E-state index contributed by atoms with van der Waals surface area (Å²) in [7, 11) is 1.68. The van der Waals surface area contributed by atoms with Gasteiger partial charge in [-0.1, -0.05) is 19.1 Å². The van der Waals surface area contributed by atoms with Crippen molar-refractivity contribution >= 4 is 0 Å². The Labute approximate surface area is 110 Å². The summed E-state index contributed by atoms with van der Waals surface area (Å²) in [4.78, 5) is 2.35. The molecule has 0 amide bonds. The van der Waals surface area contributed by atoms with Crippen LogP contribution in [0.15, 0.2) is 24.3 Å². The minimum Gasteiger partial charge on any atom is -0.497 e. The zero-order valence-electron chi connectivity index (χ0n) is 11.4. The number of methoxy groups -OCH3 is 1. The van der Waals surface area contributed by atoms with E-state index >= 15 is 0 Å². The molecule has 2 N–H and O–H groups in total. The first-order valence-corrected chi connectivity index (χ1v) is 6.43. The molecule has 0 aliphatic carbocycles. The zero-order valence-corrected chi connectivity index (χ0v) is 11.4. The molecule has 18 heavy (non-hydrogen) atoms. The summed E-state index contributed by atoms with van der Waals surface area (Å²) in [5.41, 5.74) is 6.67. The van der Waals surface area contributed by atoms with Gasteiger partial charge in [-0.3, -0.25) is 4.90 Å². The van der Waals surface area contributed by atoms with Gasteiger partial charge >= 0.3 is 0 Å². The van der Waals surface area contributed by atoms with E-state index in [4.69, 9.17) is 15.2 Å². The smallest absolute Gasteiger partial charge is 0.118 e. The van der Waals surface area contributed by atoms with Crippen molar-refractivity contribution in [3.05, 3.63) is 29.8 Å². The van der Waals surface area contributed by atoms with E-state index in [1.165, 1.54) is 5.56 Å². The molecule has 4 heteroatoms. The molecule has 102 valence electrons. The Morgan fingerprint density at radius 2 is 1.89 bits per heavy atom. The van der Waals surface area contributed by atoms with Crippen LogP contribution in [-0.4, -0.2) is 44.9 Å². The first-order chi connectivity index (χ1) is 8.80. The quantitative estimate of drug-likeness (QED) is 0.677. The average molecular weight is 252 g/mol. The molecule has 0 unspecified atom stereocenters. The molecule has 0 aliphatic heterocycles. The molecule has 0 aliphatic rings. The zero-order chi connectivity index (χ0) is 13.2. The summed E-state index contributed by atoms with van der Waals surface area (Å²) in [5.74, 6) is 0.896. The molecular formula is C14H24N2O2. The molecule has 0 spiro atoms. The lowest BCUT2D eigenvalue weighted by Crippen LogP contribution is -2.27. The fourth-order valence-corrected chi connectivity index (χ4v) is 1.72. The van der Waals surface area contributed by atoms with Crippen molar-refractivity contribution in [1.82, 2.24) is 4.90 Å². The van der Waals surface area contributed by atoms with Crippen LogP contribution in [0.5, 0.6) is 5.75 Å². The molecular weight excluding hydrogens is 228 g/mol. The van der Waals surface area contributed by atoms with Gasteiger partial charge < -0.3 is 15.2 Å². The van der Waals surface area contributed by atoms with Crippen LogP contribution in [-0.2, 0) is 11.3 Å². The lowest BCUT2D eigenvalue weighted by Gasteiger charge is -2.20. The van der Waals surface area contributed by atoms with Crippen LogP contribution < -0.4 is 10.5 Å². The minimum atomic E-state index is 0.588. The van der Waals surface area contributed by atoms with E-state index in [2.05, 4.69) is 24.0 Å². The highest BCUT2D eigenvalue weighted by molar-refractivity contribution is 5.27. The maximum atomic E-state index is 5.40. The van der Waals surface area contributed by atoms with Crippen molar-refractivity contribution in [3.8, 4) is 5.75 Å². The fraction of sp³-hybridized carbons (Fsp3) is 0.571. The van der Waals surface area contributed by atoms with Crippen molar-refractivity contribution in [2.75, 3.05) is 40.0 Å². The molecule has 1 rings (SSSR count). The Balaban J connectivity index is 2.36. The fourth-order valence-electron chi connectivity index (χ4n) is 1.72. The Bertz CT molecular complexity index is 314. The van der Waals surface area contributed by atoms with E-state index in [-0.39, 0.29) is 0 Å². The van der Waals surface area contributed by atoms with Crippen molar-refractivity contribution in [2.45, 2.75) is 13.5 Å². The third-order valence-corrected chi connectivity index (χ3v) is 2.83. The number of likely N-dealkylation sites (N-methyl/N-ethyl adjacent to an activating group) is 1. The van der Waals surface area contributed by atoms with Gasteiger partial charge in [-0.15, -0.1) is 0 Å². The van der Waals surface area contributed by atoms with E-state index in [0.717, 1.165) is 32.0 Å². The highest BCUT2D eigenvalue weighted by atomic mass is 16.5. The van der Waals surface area contributed by atoms with Gasteiger partial charge in [0.15, 0.2) is 0 Å². The summed E-state index contributed by atoms with van der Waals surface area (Å²) >= 11 is 0. The SMILES string of the molecule is CCN(CCOCCN)Cc1ccc(OC)cc1. The van der Waals surface area contributed by atoms with Crippen LogP contribution in [0, 0.1) is 0 Å². The maximum Gasteiger partial charge on any atom is 0.118 e. The first-order valence-electron chi connectivity index (χ1n) is 6.43. The lowest BCUT2D eigenvalue weighted by molar-refractivity contribution is 0.108. The second-order valence-electron chi connectivity index (χ2n) is 4.12. The molecule has 1 aromatic rings. The van der Waals surface area contributed by atoms with E-state index in [1.54, 1.807) is 7.11 Å². The van der Waals surface area contributed by atoms with E-state index < -0.39 is 0 Å². The van der Waals surface area contributed by atoms with Gasteiger partial charge in [0.05, 0.1) is 20.3 Å². The molecule has 0 saturated carbocycles. The standard InChI is InChI=1S/C14H24N2O2/c1-3-16(9-11-18-10-8-15)12-13-4-6-14(17-2)7-5-13/h4-7H,3,8-12,15H2,1-2H3. The number of benzene rings is 1. The number of rotatable bonds is 9. The van der Waals surface area contributed by atoms with Crippen molar-refractivity contribution in [2.24, 2.45) is 5.73 Å². The number of hydrogen-bond acceptors (Lipinski definition) is 4. The third-order valence-electron chi connectivity index (χ3n) is 2.83. The Hall–Kier alpha value is -1.10. The van der Waals surface area contributed by atoms with Gasteiger partial charge in [0.1, 0.15) is 5.75 Å². The number of nitrogens with two attached hydrogens (primary N) is 1. The molecule has 4 nitrogen and oxygen atoms in total. The topological polar surface area (TPSA) is 47.7 Å². The van der Waals surface area contributed by atoms with Gasteiger partial charge in [-0.25, -0.2) is 0 Å². The molecule has 0 saturated heterocycles. The summed E-state index contributed by atoms with van der Waals surface area (Å²) in [5, 5.41) is 0. The maximum absolute atomic E-state index is 5.40. The molecule has 0 fully saturated rings. The monoisotopic (exact) mass is 252 g/mol. The van der Waals surface area contributed by atoms with Crippen LogP contribution >= 0.6 is 0 Å². The van der Waals surface area contributed by atoms with Gasteiger partial charge in [0, 0.05) is 19.6 Å². The molecule has 0 radical (unpaired) electrons. The summed E-state index contributed by atoms with van der Waals surface area (Å²) in [6.45, 7) is 7.01. The predicted octanol–water partition coefficient (Wildman–Crippen LogP) is 1.49. The van der Waals surface area contributed by atoms with Gasteiger partial charge in [-0.2, -0.15) is 0 Å². The Morgan fingerprint density at radius 3 is 2.44 bits per heavy atom. The lowest BCUT2D eigenvalue weighted by atomic mass is 10.2. The molecule has 0 heterocycles. The summed E-state index contributed by atoms with van der Waals surface area (Å²) in [6.07, 6.45) is 0. The average Bonchev–Trinajstić information content (AvgIpc) is 2.43. The molecule has 0 atom stereocenters. The normalized spacial score (nSPS) is 10.9. The van der Waals surface area contributed by atoms with Gasteiger partial charge in [-0.05, 0) is 24.2 Å².